The number of nitrogens with zero attached hydrogens (tertiary/aromatic N) is 3. The molecule has 0 unspecified atom stereocenters. The Morgan fingerprint density at radius 3 is 2.79 bits per heavy atom. The topological polar surface area (TPSA) is 62.2 Å². The van der Waals surface area contributed by atoms with Crippen molar-refractivity contribution in [2.24, 2.45) is 0 Å². The smallest absolute Gasteiger partial charge is 0.226 e. The monoisotopic (exact) mass is 473 g/mol. The third-order valence-electron chi connectivity index (χ3n) is 6.90. The van der Waals surface area contributed by atoms with E-state index in [0.717, 1.165) is 16.9 Å². The molecule has 1 saturated heterocycles. The van der Waals surface area contributed by atoms with Gasteiger partial charge in [-0.1, -0.05) is 31.0 Å². The second-order valence-corrected chi connectivity index (χ2v) is 9.70. The summed E-state index contributed by atoms with van der Waals surface area (Å²) in [6.45, 7) is 2.55. The molecule has 0 radical (unpaired) electrons. The summed E-state index contributed by atoms with van der Waals surface area (Å²) in [5.41, 5.74) is 4.10. The van der Waals surface area contributed by atoms with Gasteiger partial charge in [-0.05, 0) is 73.4 Å². The number of nitrogens with one attached hydrogen (secondary N) is 2. The third kappa shape index (κ3) is 4.85. The molecule has 7 heteroatoms. The lowest BCUT2D eigenvalue weighted by molar-refractivity contribution is -0.116. The SMILES string of the molecule is Cc1cccc(NC(=O)CCN2C(=S)N[C@@H](c3ccccn3)[C@@H]2c2ccn(C3CCCC3)c2)c1. The molecule has 3 aromatic rings. The first kappa shape index (κ1) is 22.6. The number of carbonyl (C=O) groups excluding carboxylic acids is 1. The van der Waals surface area contributed by atoms with E-state index in [1.165, 1.54) is 31.2 Å². The number of pyridine rings is 1. The number of aromatic nitrogens is 2. The largest absolute Gasteiger partial charge is 0.352 e. The van der Waals surface area contributed by atoms with Gasteiger partial charge in [-0.3, -0.25) is 9.78 Å². The minimum atomic E-state index is -0.0621. The van der Waals surface area contributed by atoms with Crippen molar-refractivity contribution in [2.75, 3.05) is 11.9 Å². The highest BCUT2D eigenvalue weighted by Gasteiger charge is 2.40. The minimum Gasteiger partial charge on any atom is -0.352 e. The third-order valence-corrected chi connectivity index (χ3v) is 7.26. The highest BCUT2D eigenvalue weighted by atomic mass is 32.1. The average molecular weight is 474 g/mol. The molecule has 5 rings (SSSR count). The second kappa shape index (κ2) is 9.97. The van der Waals surface area contributed by atoms with E-state index in [4.69, 9.17) is 12.2 Å². The van der Waals surface area contributed by atoms with Crippen LogP contribution in [0.5, 0.6) is 0 Å². The van der Waals surface area contributed by atoms with Crippen molar-refractivity contribution < 1.29 is 4.79 Å². The number of aryl methyl sites for hydroxylation is 1. The molecule has 2 atom stereocenters. The molecule has 6 nitrogen and oxygen atoms in total. The number of anilines is 1. The Kier molecular flexibility index (Phi) is 6.63. The Labute approximate surface area is 206 Å². The van der Waals surface area contributed by atoms with E-state index in [1.807, 2.05) is 55.6 Å². The fourth-order valence-electron chi connectivity index (χ4n) is 5.21. The predicted octanol–water partition coefficient (Wildman–Crippen LogP) is 5.31. The summed E-state index contributed by atoms with van der Waals surface area (Å²) in [4.78, 5) is 19.5. The fourth-order valence-corrected chi connectivity index (χ4v) is 5.54. The Morgan fingerprint density at radius 1 is 1.18 bits per heavy atom. The lowest BCUT2D eigenvalue weighted by Gasteiger charge is -2.27. The highest BCUT2D eigenvalue weighted by molar-refractivity contribution is 7.80. The molecule has 1 aromatic carbocycles. The van der Waals surface area contributed by atoms with E-state index in [-0.39, 0.29) is 18.0 Å². The summed E-state index contributed by atoms with van der Waals surface area (Å²) in [5, 5.41) is 7.16. The Hall–Kier alpha value is -3.19. The number of hydrogen-bond donors (Lipinski definition) is 2. The van der Waals surface area contributed by atoms with Crippen LogP contribution in [0.15, 0.2) is 67.1 Å². The molecule has 1 aliphatic heterocycles. The molecule has 2 aromatic heterocycles. The number of rotatable bonds is 7. The number of carbonyl (C=O) groups is 1. The quantitative estimate of drug-likeness (QED) is 0.456. The molecule has 1 saturated carbocycles. The zero-order valence-corrected chi connectivity index (χ0v) is 20.3. The van der Waals surface area contributed by atoms with Crippen LogP contribution < -0.4 is 10.6 Å². The van der Waals surface area contributed by atoms with Crippen LogP contribution in [0.2, 0.25) is 0 Å². The van der Waals surface area contributed by atoms with Gasteiger partial charge < -0.3 is 20.1 Å². The lowest BCUT2D eigenvalue weighted by Crippen LogP contribution is -2.32. The van der Waals surface area contributed by atoms with Crippen molar-refractivity contribution in [3.8, 4) is 0 Å². The molecule has 2 fully saturated rings. The van der Waals surface area contributed by atoms with Crippen molar-refractivity contribution in [3.05, 3.63) is 83.9 Å². The van der Waals surface area contributed by atoms with Gasteiger partial charge in [-0.2, -0.15) is 0 Å². The van der Waals surface area contributed by atoms with Crippen molar-refractivity contribution in [2.45, 2.75) is 57.2 Å². The van der Waals surface area contributed by atoms with E-state index < -0.39 is 0 Å². The van der Waals surface area contributed by atoms with Crippen molar-refractivity contribution in [1.82, 2.24) is 19.8 Å². The van der Waals surface area contributed by atoms with Crippen LogP contribution >= 0.6 is 12.2 Å². The average Bonchev–Trinajstić information content (AvgIpc) is 3.58. The van der Waals surface area contributed by atoms with Crippen LogP contribution in [-0.2, 0) is 4.79 Å². The maximum Gasteiger partial charge on any atom is 0.226 e. The van der Waals surface area contributed by atoms with Crippen LogP contribution in [0.4, 0.5) is 5.69 Å². The maximum absolute atomic E-state index is 12.7. The first-order chi connectivity index (χ1) is 16.6. The summed E-state index contributed by atoms with van der Waals surface area (Å²) in [7, 11) is 0. The van der Waals surface area contributed by atoms with Gasteiger partial charge in [-0.25, -0.2) is 0 Å². The molecule has 2 N–H and O–H groups in total. The Morgan fingerprint density at radius 2 is 2.03 bits per heavy atom. The molecule has 176 valence electrons. The van der Waals surface area contributed by atoms with Crippen LogP contribution in [0, 0.1) is 6.92 Å². The van der Waals surface area contributed by atoms with Gasteiger partial charge in [0, 0.05) is 43.3 Å². The van der Waals surface area contributed by atoms with Gasteiger partial charge in [0.05, 0.1) is 17.8 Å². The van der Waals surface area contributed by atoms with E-state index >= 15 is 0 Å². The molecule has 0 bridgehead atoms. The first-order valence-electron chi connectivity index (χ1n) is 12.1. The molecule has 1 amide bonds. The molecular formula is C27H31N5OS. The number of amides is 1. The highest BCUT2D eigenvalue weighted by Crippen LogP contribution is 2.40. The van der Waals surface area contributed by atoms with Crippen molar-refractivity contribution >= 4 is 28.9 Å². The normalized spacial score (nSPS) is 20.5. The Bertz CT molecular complexity index is 1150. The van der Waals surface area contributed by atoms with Gasteiger partial charge in [-0.15, -0.1) is 0 Å². The minimum absolute atomic E-state index is 0.0167. The van der Waals surface area contributed by atoms with Gasteiger partial charge in [0.15, 0.2) is 5.11 Å². The molecule has 34 heavy (non-hydrogen) atoms. The number of hydrogen-bond acceptors (Lipinski definition) is 3. The van der Waals surface area contributed by atoms with Crippen LogP contribution in [-0.4, -0.2) is 32.0 Å². The Balaban J connectivity index is 1.36. The van der Waals surface area contributed by atoms with Crippen LogP contribution in [0.1, 0.15) is 67.1 Å². The summed E-state index contributed by atoms with van der Waals surface area (Å²) < 4.78 is 2.36. The number of benzene rings is 1. The zero-order valence-electron chi connectivity index (χ0n) is 19.5. The predicted molar refractivity (Wildman–Crippen MR) is 139 cm³/mol. The lowest BCUT2D eigenvalue weighted by atomic mass is 9.99. The molecule has 2 aliphatic rings. The van der Waals surface area contributed by atoms with Gasteiger partial charge >= 0.3 is 0 Å². The maximum atomic E-state index is 12.7. The standard InChI is InChI=1S/C27H31N5OS/c1-19-7-6-8-21(17-19)29-24(33)13-16-32-26(20-12-15-31(18-20)22-9-2-3-10-22)25(30-27(32)34)23-11-4-5-14-28-23/h4-8,11-12,14-15,17-18,22,25-26H,2-3,9-10,13,16H2,1H3,(H,29,33)(H,30,34)/t25-,26-/m0/s1. The molecular weight excluding hydrogens is 442 g/mol. The van der Waals surface area contributed by atoms with Crippen LogP contribution in [0.3, 0.4) is 0 Å². The fraction of sp³-hybridized carbons (Fsp3) is 0.370. The van der Waals surface area contributed by atoms with E-state index in [1.54, 1.807) is 0 Å². The number of thiocarbonyl (C=S) groups is 1. The van der Waals surface area contributed by atoms with E-state index in [9.17, 15) is 4.79 Å². The molecule has 3 heterocycles. The van der Waals surface area contributed by atoms with Crippen LogP contribution in [0.25, 0.3) is 0 Å². The summed E-state index contributed by atoms with van der Waals surface area (Å²) >= 11 is 5.76. The zero-order chi connectivity index (χ0) is 23.5. The summed E-state index contributed by atoms with van der Waals surface area (Å²) in [5.74, 6) is -0.0167. The van der Waals surface area contributed by atoms with Crippen molar-refractivity contribution in [3.63, 3.8) is 0 Å². The van der Waals surface area contributed by atoms with E-state index in [2.05, 4.69) is 43.5 Å². The molecule has 1 aliphatic carbocycles. The first-order valence-corrected chi connectivity index (χ1v) is 12.5. The van der Waals surface area contributed by atoms with Gasteiger partial charge in [0.2, 0.25) is 5.91 Å². The second-order valence-electron chi connectivity index (χ2n) is 9.32. The van der Waals surface area contributed by atoms with Crippen molar-refractivity contribution in [1.29, 1.82) is 0 Å². The summed E-state index contributed by atoms with van der Waals surface area (Å²) in [6, 6.07) is 16.5. The molecule has 0 spiro atoms. The van der Waals surface area contributed by atoms with Gasteiger partial charge in [0.1, 0.15) is 0 Å². The van der Waals surface area contributed by atoms with Gasteiger partial charge in [0.25, 0.3) is 0 Å². The van der Waals surface area contributed by atoms with E-state index in [0.29, 0.717) is 24.1 Å². The summed E-state index contributed by atoms with van der Waals surface area (Å²) in [6.07, 6.45) is 11.7.